The molecule has 0 aromatic rings. The highest BCUT2D eigenvalue weighted by atomic mass is 16.5. The van der Waals surface area contributed by atoms with Crippen molar-refractivity contribution in [2.75, 3.05) is 6.54 Å². The van der Waals surface area contributed by atoms with Gasteiger partial charge < -0.3 is 14.7 Å². The largest absolute Gasteiger partial charge is 0.480 e. The van der Waals surface area contributed by atoms with E-state index in [0.29, 0.717) is 31.9 Å². The highest BCUT2D eigenvalue weighted by Crippen LogP contribution is 2.24. The topological polar surface area (TPSA) is 66.8 Å². The van der Waals surface area contributed by atoms with Crippen LogP contribution in [0.1, 0.15) is 45.4 Å². The van der Waals surface area contributed by atoms with E-state index in [-0.39, 0.29) is 12.0 Å². The van der Waals surface area contributed by atoms with Crippen LogP contribution in [-0.2, 0) is 14.3 Å². The van der Waals surface area contributed by atoms with Gasteiger partial charge >= 0.3 is 5.97 Å². The van der Waals surface area contributed by atoms with E-state index in [2.05, 4.69) is 0 Å². The van der Waals surface area contributed by atoms with Crippen LogP contribution in [0.4, 0.5) is 0 Å². The first-order valence-electron chi connectivity index (χ1n) is 6.75. The number of rotatable bonds is 4. The number of carboxylic acids is 1. The second-order valence-corrected chi connectivity index (χ2v) is 5.27. The van der Waals surface area contributed by atoms with Crippen LogP contribution in [0.2, 0.25) is 0 Å². The Balaban J connectivity index is 1.79. The molecule has 2 fully saturated rings. The van der Waals surface area contributed by atoms with E-state index < -0.39 is 12.0 Å². The summed E-state index contributed by atoms with van der Waals surface area (Å²) in [5.74, 6) is -0.922. The van der Waals surface area contributed by atoms with Crippen molar-refractivity contribution >= 4 is 11.9 Å². The minimum Gasteiger partial charge on any atom is -0.480 e. The fourth-order valence-electron chi connectivity index (χ4n) is 2.85. The Morgan fingerprint density at radius 3 is 2.72 bits per heavy atom. The molecule has 5 heteroatoms. The van der Waals surface area contributed by atoms with E-state index in [0.717, 1.165) is 19.3 Å². The molecule has 0 aromatic heterocycles. The van der Waals surface area contributed by atoms with Crippen molar-refractivity contribution in [3.63, 3.8) is 0 Å². The number of amides is 1. The van der Waals surface area contributed by atoms with Crippen LogP contribution in [0.15, 0.2) is 0 Å². The maximum atomic E-state index is 12.0. The number of carbonyl (C=O) groups is 2. The van der Waals surface area contributed by atoms with Crippen molar-refractivity contribution in [2.24, 2.45) is 0 Å². The fraction of sp³-hybridized carbons (Fsp3) is 0.846. The summed E-state index contributed by atoms with van der Waals surface area (Å²) < 4.78 is 5.66. The normalized spacial score (nSPS) is 31.8. The van der Waals surface area contributed by atoms with Crippen molar-refractivity contribution in [2.45, 2.75) is 63.7 Å². The van der Waals surface area contributed by atoms with E-state index >= 15 is 0 Å². The van der Waals surface area contributed by atoms with Crippen molar-refractivity contribution in [3.05, 3.63) is 0 Å². The number of likely N-dealkylation sites (tertiary alicyclic amines) is 1. The van der Waals surface area contributed by atoms with Gasteiger partial charge in [-0.05, 0) is 39.0 Å². The van der Waals surface area contributed by atoms with E-state index in [1.807, 2.05) is 6.92 Å². The maximum absolute atomic E-state index is 12.0. The summed E-state index contributed by atoms with van der Waals surface area (Å²) in [5, 5.41) is 9.03. The first-order chi connectivity index (χ1) is 8.58. The molecular formula is C13H21NO4. The van der Waals surface area contributed by atoms with Gasteiger partial charge in [0.15, 0.2) is 0 Å². The highest BCUT2D eigenvalue weighted by molar-refractivity contribution is 5.84. The Morgan fingerprint density at radius 1 is 1.33 bits per heavy atom. The van der Waals surface area contributed by atoms with Gasteiger partial charge in [-0.3, -0.25) is 4.79 Å². The van der Waals surface area contributed by atoms with Crippen LogP contribution in [0.3, 0.4) is 0 Å². The summed E-state index contributed by atoms with van der Waals surface area (Å²) in [6.45, 7) is 2.63. The van der Waals surface area contributed by atoms with Gasteiger partial charge in [-0.15, -0.1) is 0 Å². The Bertz CT molecular complexity index is 331. The summed E-state index contributed by atoms with van der Waals surface area (Å²) in [5.41, 5.74) is 0. The number of carboxylic acid groups (broad SMARTS) is 1. The first-order valence-corrected chi connectivity index (χ1v) is 6.75. The molecule has 2 heterocycles. The van der Waals surface area contributed by atoms with Gasteiger partial charge in [0.1, 0.15) is 6.04 Å². The first kappa shape index (κ1) is 13.3. The van der Waals surface area contributed by atoms with Gasteiger partial charge in [-0.1, -0.05) is 0 Å². The van der Waals surface area contributed by atoms with Crippen molar-refractivity contribution in [1.82, 2.24) is 4.90 Å². The van der Waals surface area contributed by atoms with Gasteiger partial charge in [0.2, 0.25) is 5.91 Å². The monoisotopic (exact) mass is 255 g/mol. The minimum atomic E-state index is -0.883. The molecule has 0 saturated carbocycles. The molecular weight excluding hydrogens is 234 g/mol. The Morgan fingerprint density at radius 2 is 2.11 bits per heavy atom. The van der Waals surface area contributed by atoms with Gasteiger partial charge in [0.05, 0.1) is 12.2 Å². The average Bonchev–Trinajstić information content (AvgIpc) is 2.94. The minimum absolute atomic E-state index is 0.0388. The number of aliphatic carboxylic acids is 1. The molecule has 2 unspecified atom stereocenters. The van der Waals surface area contributed by atoms with Crippen LogP contribution < -0.4 is 0 Å². The molecule has 0 bridgehead atoms. The van der Waals surface area contributed by atoms with E-state index in [9.17, 15) is 9.59 Å². The molecule has 2 rings (SSSR count). The van der Waals surface area contributed by atoms with Crippen molar-refractivity contribution < 1.29 is 19.4 Å². The Kier molecular flexibility index (Phi) is 4.22. The molecule has 102 valence electrons. The second-order valence-electron chi connectivity index (χ2n) is 5.27. The number of hydrogen-bond donors (Lipinski definition) is 1. The van der Waals surface area contributed by atoms with E-state index in [1.54, 1.807) is 0 Å². The zero-order valence-electron chi connectivity index (χ0n) is 10.8. The quantitative estimate of drug-likeness (QED) is 0.824. The molecule has 0 aromatic carbocycles. The van der Waals surface area contributed by atoms with Gasteiger partial charge in [-0.2, -0.15) is 0 Å². The van der Waals surface area contributed by atoms with Crippen LogP contribution in [0.5, 0.6) is 0 Å². The molecule has 2 aliphatic heterocycles. The lowest BCUT2D eigenvalue weighted by atomic mass is 10.1. The molecule has 1 N–H and O–H groups in total. The van der Waals surface area contributed by atoms with Crippen molar-refractivity contribution in [1.29, 1.82) is 0 Å². The summed E-state index contributed by atoms with van der Waals surface area (Å²) in [7, 11) is 0. The molecule has 1 amide bonds. The summed E-state index contributed by atoms with van der Waals surface area (Å²) in [6.07, 6.45) is 5.03. The molecule has 0 radical (unpaired) electrons. The number of ether oxygens (including phenoxy) is 1. The standard InChI is InChI=1S/C13H21NO4/c1-9-4-5-10(18-9)6-7-12(15)14-8-2-3-11(14)13(16)17/h9-11H,2-8H2,1H3,(H,16,17)/t9?,10?,11-/m0/s1. The summed E-state index contributed by atoms with van der Waals surface area (Å²) >= 11 is 0. The van der Waals surface area contributed by atoms with Gasteiger partial charge in [-0.25, -0.2) is 4.79 Å². The third-order valence-corrected chi connectivity index (χ3v) is 3.86. The lowest BCUT2D eigenvalue weighted by Gasteiger charge is -2.22. The molecule has 18 heavy (non-hydrogen) atoms. The fourth-order valence-corrected chi connectivity index (χ4v) is 2.85. The second kappa shape index (κ2) is 5.69. The lowest BCUT2D eigenvalue weighted by Crippen LogP contribution is -2.40. The Hall–Kier alpha value is -1.10. The molecule has 3 atom stereocenters. The SMILES string of the molecule is CC1CCC(CCC(=O)N2CCC[C@H]2C(=O)O)O1. The molecule has 2 aliphatic rings. The molecule has 0 spiro atoms. The highest BCUT2D eigenvalue weighted by Gasteiger charge is 2.34. The average molecular weight is 255 g/mol. The van der Waals surface area contributed by atoms with E-state index in [4.69, 9.17) is 9.84 Å². The predicted octanol–water partition coefficient (Wildman–Crippen LogP) is 1.41. The van der Waals surface area contributed by atoms with Crippen LogP contribution >= 0.6 is 0 Å². The van der Waals surface area contributed by atoms with Gasteiger partial charge in [0.25, 0.3) is 0 Å². The maximum Gasteiger partial charge on any atom is 0.326 e. The summed E-state index contributed by atoms with van der Waals surface area (Å²) in [6, 6.07) is -0.610. The Labute approximate surface area is 107 Å². The number of carbonyl (C=O) groups excluding carboxylic acids is 1. The van der Waals surface area contributed by atoms with Crippen LogP contribution in [0, 0.1) is 0 Å². The number of nitrogens with zero attached hydrogens (tertiary/aromatic N) is 1. The number of hydrogen-bond acceptors (Lipinski definition) is 3. The smallest absolute Gasteiger partial charge is 0.326 e. The third kappa shape index (κ3) is 3.02. The van der Waals surface area contributed by atoms with Crippen LogP contribution in [-0.4, -0.2) is 46.7 Å². The molecule has 2 saturated heterocycles. The zero-order valence-corrected chi connectivity index (χ0v) is 10.8. The third-order valence-electron chi connectivity index (χ3n) is 3.86. The van der Waals surface area contributed by atoms with Crippen LogP contribution in [0.25, 0.3) is 0 Å². The van der Waals surface area contributed by atoms with Crippen molar-refractivity contribution in [3.8, 4) is 0 Å². The predicted molar refractivity (Wildman–Crippen MR) is 65.2 cm³/mol. The summed E-state index contributed by atoms with van der Waals surface area (Å²) in [4.78, 5) is 24.5. The molecule has 0 aliphatic carbocycles. The van der Waals surface area contributed by atoms with E-state index in [1.165, 1.54) is 4.90 Å². The molecule has 5 nitrogen and oxygen atoms in total. The zero-order chi connectivity index (χ0) is 13.1. The lowest BCUT2D eigenvalue weighted by molar-refractivity contribution is -0.148. The van der Waals surface area contributed by atoms with Gasteiger partial charge in [0, 0.05) is 13.0 Å².